The number of esters is 1. The van der Waals surface area contributed by atoms with Crippen LogP contribution in [0, 0.1) is 5.92 Å². The third-order valence-corrected chi connectivity index (χ3v) is 4.85. The summed E-state index contributed by atoms with van der Waals surface area (Å²) in [6.45, 7) is 2.31. The van der Waals surface area contributed by atoms with Crippen LogP contribution in [0.4, 0.5) is 0 Å². The quantitative estimate of drug-likeness (QED) is 0.845. The molecule has 6 heteroatoms. The molecule has 2 N–H and O–H groups in total. The van der Waals surface area contributed by atoms with Crippen LogP contribution >= 0.6 is 0 Å². The number of aryl methyl sites for hydroxylation is 1. The van der Waals surface area contributed by atoms with Crippen molar-refractivity contribution in [1.29, 1.82) is 0 Å². The Morgan fingerprint density at radius 2 is 2.00 bits per heavy atom. The van der Waals surface area contributed by atoms with Crippen LogP contribution in [0.3, 0.4) is 0 Å². The lowest BCUT2D eigenvalue weighted by molar-refractivity contribution is 0.0441. The fraction of sp³-hybridized carbons (Fsp3) is 0.533. The fourth-order valence-electron chi connectivity index (χ4n) is 2.68. The molecule has 0 atom stereocenters. The van der Waals surface area contributed by atoms with Crippen molar-refractivity contribution in [2.75, 3.05) is 6.61 Å². The third-order valence-electron chi connectivity index (χ3n) is 3.94. The van der Waals surface area contributed by atoms with Crippen molar-refractivity contribution in [3.8, 4) is 0 Å². The number of rotatable bonds is 5. The van der Waals surface area contributed by atoms with Gasteiger partial charge in [-0.1, -0.05) is 25.8 Å². The van der Waals surface area contributed by atoms with Crippen LogP contribution in [0.5, 0.6) is 0 Å². The molecular weight excluding hydrogens is 290 g/mol. The lowest BCUT2D eigenvalue weighted by Crippen LogP contribution is -2.16. The Kier molecular flexibility index (Phi) is 5.00. The van der Waals surface area contributed by atoms with Crippen molar-refractivity contribution in [1.82, 2.24) is 0 Å². The number of ether oxygens (including phenoxy) is 1. The molecule has 0 aliphatic heterocycles. The molecule has 0 unspecified atom stereocenters. The number of hydrogen-bond donors (Lipinski definition) is 1. The maximum Gasteiger partial charge on any atom is 0.338 e. The van der Waals surface area contributed by atoms with Gasteiger partial charge in [-0.2, -0.15) is 0 Å². The molecule has 1 aromatic rings. The van der Waals surface area contributed by atoms with Gasteiger partial charge in [-0.3, -0.25) is 0 Å². The lowest BCUT2D eigenvalue weighted by atomic mass is 10.1. The summed E-state index contributed by atoms with van der Waals surface area (Å²) in [4.78, 5) is 12.1. The van der Waals surface area contributed by atoms with Crippen LogP contribution in [0.1, 0.15) is 48.5 Å². The molecular formula is C15H21NO4S. The molecule has 0 radical (unpaired) electrons. The summed E-state index contributed by atoms with van der Waals surface area (Å²) in [5.74, 6) is -0.0373. The van der Waals surface area contributed by atoms with Crippen LogP contribution in [0.15, 0.2) is 23.1 Å². The fourth-order valence-corrected chi connectivity index (χ4v) is 3.22. The minimum atomic E-state index is -3.82. The maximum absolute atomic E-state index is 12.2. The van der Waals surface area contributed by atoms with Gasteiger partial charge in [-0.15, -0.1) is 0 Å². The average molecular weight is 311 g/mol. The average Bonchev–Trinajstić information content (AvgIpc) is 2.96. The summed E-state index contributed by atoms with van der Waals surface area (Å²) in [5.41, 5.74) is 1.06. The van der Waals surface area contributed by atoms with Crippen molar-refractivity contribution in [3.05, 3.63) is 29.3 Å². The molecule has 0 heterocycles. The van der Waals surface area contributed by atoms with Gasteiger partial charge >= 0.3 is 5.97 Å². The highest BCUT2D eigenvalue weighted by molar-refractivity contribution is 7.89. The monoisotopic (exact) mass is 311 g/mol. The number of benzene rings is 1. The Labute approximate surface area is 125 Å². The number of sulfonamides is 1. The largest absolute Gasteiger partial charge is 0.462 e. The second-order valence-corrected chi connectivity index (χ2v) is 7.03. The van der Waals surface area contributed by atoms with E-state index in [1.54, 1.807) is 6.07 Å². The zero-order valence-corrected chi connectivity index (χ0v) is 13.0. The highest BCUT2D eigenvalue weighted by Gasteiger charge is 2.20. The SMILES string of the molecule is CCc1ccc(S(N)(=O)=O)cc1C(=O)OCC1CCCC1. The van der Waals surface area contributed by atoms with Gasteiger partial charge in [0.1, 0.15) is 0 Å². The Hall–Kier alpha value is -1.40. The Balaban J connectivity index is 2.17. The standard InChI is InChI=1S/C15H21NO4S/c1-2-12-7-8-13(21(16,18)19)9-14(12)15(17)20-10-11-5-3-4-6-11/h7-9,11H,2-6,10H2,1H3,(H2,16,18,19). The molecule has 1 saturated carbocycles. The third kappa shape index (κ3) is 4.04. The van der Waals surface area contributed by atoms with Crippen molar-refractivity contribution >= 4 is 16.0 Å². The van der Waals surface area contributed by atoms with E-state index in [0.717, 1.165) is 18.4 Å². The first-order valence-electron chi connectivity index (χ1n) is 7.24. The molecule has 1 aliphatic rings. The first kappa shape index (κ1) is 16.0. The predicted octanol–water partition coefficient (Wildman–Crippen LogP) is 2.24. The van der Waals surface area contributed by atoms with E-state index in [4.69, 9.17) is 9.88 Å². The van der Waals surface area contributed by atoms with E-state index >= 15 is 0 Å². The van der Waals surface area contributed by atoms with E-state index < -0.39 is 16.0 Å². The van der Waals surface area contributed by atoms with Gasteiger partial charge in [-0.05, 0) is 42.9 Å². The zero-order valence-electron chi connectivity index (χ0n) is 12.2. The molecule has 1 aromatic carbocycles. The highest BCUT2D eigenvalue weighted by Crippen LogP contribution is 2.25. The van der Waals surface area contributed by atoms with Crippen LogP contribution in [0.2, 0.25) is 0 Å². The van der Waals surface area contributed by atoms with E-state index in [9.17, 15) is 13.2 Å². The summed E-state index contributed by atoms with van der Waals surface area (Å²) in [6.07, 6.45) is 5.17. The predicted molar refractivity (Wildman–Crippen MR) is 79.4 cm³/mol. The topological polar surface area (TPSA) is 86.5 Å². The summed E-state index contributed by atoms with van der Waals surface area (Å²) in [7, 11) is -3.82. The van der Waals surface area contributed by atoms with Crippen molar-refractivity contribution < 1.29 is 17.9 Å². The van der Waals surface area contributed by atoms with Crippen LogP contribution in [-0.4, -0.2) is 21.0 Å². The lowest BCUT2D eigenvalue weighted by Gasteiger charge is -2.12. The van der Waals surface area contributed by atoms with E-state index in [-0.39, 0.29) is 4.90 Å². The molecule has 0 spiro atoms. The smallest absolute Gasteiger partial charge is 0.338 e. The molecule has 116 valence electrons. The molecule has 0 bridgehead atoms. The molecule has 5 nitrogen and oxygen atoms in total. The second kappa shape index (κ2) is 6.58. The van der Waals surface area contributed by atoms with Gasteiger partial charge in [0.2, 0.25) is 10.0 Å². The number of carbonyl (C=O) groups excluding carboxylic acids is 1. The Morgan fingerprint density at radius 1 is 1.33 bits per heavy atom. The van der Waals surface area contributed by atoms with Gasteiger partial charge < -0.3 is 4.74 Å². The van der Waals surface area contributed by atoms with E-state index in [2.05, 4.69) is 0 Å². The van der Waals surface area contributed by atoms with E-state index in [0.29, 0.717) is 24.5 Å². The van der Waals surface area contributed by atoms with Gasteiger partial charge in [0.05, 0.1) is 17.1 Å². The molecule has 1 aliphatic carbocycles. The summed E-state index contributed by atoms with van der Waals surface area (Å²) >= 11 is 0. The van der Waals surface area contributed by atoms with Crippen molar-refractivity contribution in [2.24, 2.45) is 11.1 Å². The molecule has 0 saturated heterocycles. The normalized spacial score (nSPS) is 16.1. The number of hydrogen-bond acceptors (Lipinski definition) is 4. The van der Waals surface area contributed by atoms with Gasteiger partial charge in [0, 0.05) is 0 Å². The van der Waals surface area contributed by atoms with Gasteiger partial charge in [-0.25, -0.2) is 18.4 Å². The van der Waals surface area contributed by atoms with E-state index in [1.165, 1.54) is 25.0 Å². The first-order valence-corrected chi connectivity index (χ1v) is 8.79. The van der Waals surface area contributed by atoms with Gasteiger partial charge in [0.25, 0.3) is 0 Å². The maximum atomic E-state index is 12.2. The number of carbonyl (C=O) groups is 1. The van der Waals surface area contributed by atoms with Crippen molar-refractivity contribution in [2.45, 2.75) is 43.9 Å². The number of nitrogens with two attached hydrogens (primary N) is 1. The molecule has 1 fully saturated rings. The van der Waals surface area contributed by atoms with Crippen molar-refractivity contribution in [3.63, 3.8) is 0 Å². The Morgan fingerprint density at radius 3 is 2.57 bits per heavy atom. The summed E-state index contributed by atoms with van der Waals surface area (Å²) in [6, 6.07) is 4.35. The van der Waals surface area contributed by atoms with Gasteiger partial charge in [0.15, 0.2) is 0 Å². The zero-order chi connectivity index (χ0) is 15.5. The summed E-state index contributed by atoms with van der Waals surface area (Å²) < 4.78 is 28.1. The van der Waals surface area contributed by atoms with Crippen LogP contribution < -0.4 is 5.14 Å². The highest BCUT2D eigenvalue weighted by atomic mass is 32.2. The first-order chi connectivity index (χ1) is 9.91. The molecule has 21 heavy (non-hydrogen) atoms. The number of primary sulfonamides is 1. The molecule has 0 amide bonds. The molecule has 0 aromatic heterocycles. The van der Waals surface area contributed by atoms with Crippen LogP contribution in [0.25, 0.3) is 0 Å². The minimum Gasteiger partial charge on any atom is -0.462 e. The minimum absolute atomic E-state index is 0.0625. The second-order valence-electron chi connectivity index (χ2n) is 5.47. The van der Waals surface area contributed by atoms with E-state index in [1.807, 2.05) is 6.92 Å². The molecule has 2 rings (SSSR count). The summed E-state index contributed by atoms with van der Waals surface area (Å²) in [5, 5.41) is 5.11. The van der Waals surface area contributed by atoms with Crippen LogP contribution in [-0.2, 0) is 21.2 Å². The Bertz CT molecular complexity index is 619.